The normalized spacial score (nSPS) is 11.7. The quantitative estimate of drug-likeness (QED) is 0.848. The third kappa shape index (κ3) is 3.12. The van der Waals surface area contributed by atoms with Crippen LogP contribution in [0.1, 0.15) is 17.0 Å². The van der Waals surface area contributed by atoms with Crippen LogP contribution in [0.25, 0.3) is 0 Å². The molecule has 2 nitrogen and oxygen atoms in total. The number of rotatable bonds is 4. The van der Waals surface area contributed by atoms with Gasteiger partial charge in [-0.25, -0.2) is 8.78 Å². The van der Waals surface area contributed by atoms with Gasteiger partial charge in [0.15, 0.2) is 0 Å². The van der Waals surface area contributed by atoms with Crippen LogP contribution in [0, 0.1) is 23.0 Å². The first-order chi connectivity index (χ1) is 9.63. The summed E-state index contributed by atoms with van der Waals surface area (Å²) in [6.45, 7) is 0. The van der Waals surface area contributed by atoms with Gasteiger partial charge in [0.1, 0.15) is 17.4 Å². The summed E-state index contributed by atoms with van der Waals surface area (Å²) in [7, 11) is 1.48. The summed E-state index contributed by atoms with van der Waals surface area (Å²) in [4.78, 5) is 0. The Morgan fingerprint density at radius 2 is 1.75 bits per heavy atom. The molecule has 1 unspecified atom stereocenters. The van der Waals surface area contributed by atoms with Crippen molar-refractivity contribution in [2.24, 2.45) is 0 Å². The third-order valence-electron chi connectivity index (χ3n) is 3.08. The summed E-state index contributed by atoms with van der Waals surface area (Å²) in [5.74, 6) is -0.822. The summed E-state index contributed by atoms with van der Waals surface area (Å²) >= 11 is 0. The molecule has 2 rings (SSSR count). The van der Waals surface area contributed by atoms with Crippen molar-refractivity contribution in [3.8, 4) is 11.8 Å². The largest absolute Gasteiger partial charge is 0.496 e. The Bertz CT molecular complexity index is 632. The molecular formula is C16H13F2NO. The first-order valence-corrected chi connectivity index (χ1v) is 6.11. The summed E-state index contributed by atoms with van der Waals surface area (Å²) in [5, 5.41) is 9.30. The van der Waals surface area contributed by atoms with Crippen molar-refractivity contribution in [1.82, 2.24) is 0 Å². The molecule has 0 aliphatic heterocycles. The van der Waals surface area contributed by atoms with Gasteiger partial charge < -0.3 is 4.74 Å². The van der Waals surface area contributed by atoms with E-state index >= 15 is 0 Å². The Labute approximate surface area is 116 Å². The van der Waals surface area contributed by atoms with Crippen LogP contribution in [0.3, 0.4) is 0 Å². The lowest BCUT2D eigenvalue weighted by molar-refractivity contribution is 0.406. The van der Waals surface area contributed by atoms with Crippen molar-refractivity contribution in [2.75, 3.05) is 7.11 Å². The van der Waals surface area contributed by atoms with Crippen LogP contribution in [0.5, 0.6) is 5.75 Å². The average Bonchev–Trinajstić information content (AvgIpc) is 2.46. The summed E-state index contributed by atoms with van der Waals surface area (Å²) in [6.07, 6.45) is 0.372. The highest BCUT2D eigenvalue weighted by atomic mass is 19.1. The molecule has 2 aromatic rings. The summed E-state index contributed by atoms with van der Waals surface area (Å²) < 4.78 is 31.4. The van der Waals surface area contributed by atoms with Crippen molar-refractivity contribution >= 4 is 0 Å². The molecule has 0 saturated heterocycles. The van der Waals surface area contributed by atoms with Gasteiger partial charge in [-0.15, -0.1) is 0 Å². The van der Waals surface area contributed by atoms with E-state index in [4.69, 9.17) is 4.74 Å². The Kier molecular flexibility index (Phi) is 4.31. The van der Waals surface area contributed by atoms with Gasteiger partial charge in [0.2, 0.25) is 0 Å². The maximum Gasteiger partial charge on any atom is 0.123 e. The number of halogens is 2. The molecule has 0 aromatic heterocycles. The van der Waals surface area contributed by atoms with Crippen LogP contribution in [0.4, 0.5) is 8.78 Å². The summed E-state index contributed by atoms with van der Waals surface area (Å²) in [6, 6.07) is 12.1. The maximum atomic E-state index is 13.4. The van der Waals surface area contributed by atoms with E-state index < -0.39 is 11.7 Å². The predicted molar refractivity (Wildman–Crippen MR) is 71.4 cm³/mol. The van der Waals surface area contributed by atoms with Crippen molar-refractivity contribution in [3.63, 3.8) is 0 Å². The smallest absolute Gasteiger partial charge is 0.123 e. The molecule has 0 N–H and O–H groups in total. The SMILES string of the molecule is COc1ccc(F)cc1C(C#N)Cc1ccc(F)cc1. The molecular weight excluding hydrogens is 260 g/mol. The predicted octanol–water partition coefficient (Wildman–Crippen LogP) is 3.82. The lowest BCUT2D eigenvalue weighted by atomic mass is 9.92. The molecule has 2 aromatic carbocycles. The Morgan fingerprint density at radius 3 is 2.35 bits per heavy atom. The van der Waals surface area contributed by atoms with Gasteiger partial charge in [-0.2, -0.15) is 5.26 Å². The van der Waals surface area contributed by atoms with Gasteiger partial charge in [0.25, 0.3) is 0 Å². The van der Waals surface area contributed by atoms with Crippen molar-refractivity contribution in [1.29, 1.82) is 5.26 Å². The second kappa shape index (κ2) is 6.16. The molecule has 0 radical (unpaired) electrons. The summed E-state index contributed by atoms with van der Waals surface area (Å²) in [5.41, 5.74) is 1.31. The molecule has 0 fully saturated rings. The van der Waals surface area contributed by atoms with Gasteiger partial charge in [0, 0.05) is 5.56 Å². The average molecular weight is 273 g/mol. The lowest BCUT2D eigenvalue weighted by Gasteiger charge is -2.14. The van der Waals surface area contributed by atoms with Gasteiger partial charge in [-0.3, -0.25) is 0 Å². The van der Waals surface area contributed by atoms with Crippen LogP contribution in [-0.4, -0.2) is 7.11 Å². The fraction of sp³-hybridized carbons (Fsp3) is 0.188. The van der Waals surface area contributed by atoms with Gasteiger partial charge in [0.05, 0.1) is 19.1 Å². The van der Waals surface area contributed by atoms with Crippen molar-refractivity contribution < 1.29 is 13.5 Å². The Balaban J connectivity index is 2.31. The fourth-order valence-corrected chi connectivity index (χ4v) is 2.06. The molecule has 4 heteroatoms. The third-order valence-corrected chi connectivity index (χ3v) is 3.08. The van der Waals surface area contributed by atoms with E-state index in [2.05, 4.69) is 6.07 Å². The zero-order valence-corrected chi connectivity index (χ0v) is 10.9. The molecule has 102 valence electrons. The lowest BCUT2D eigenvalue weighted by Crippen LogP contribution is -2.04. The Hall–Kier alpha value is -2.41. The standard InChI is InChI=1S/C16H13F2NO/c1-20-16-7-6-14(18)9-15(16)12(10-19)8-11-2-4-13(17)5-3-11/h2-7,9,12H,8H2,1H3. The number of hydrogen-bond donors (Lipinski definition) is 0. The van der Waals surface area contributed by atoms with E-state index in [1.165, 1.54) is 37.4 Å². The van der Waals surface area contributed by atoms with E-state index in [0.29, 0.717) is 17.7 Å². The molecule has 0 heterocycles. The minimum atomic E-state index is -0.550. The van der Waals surface area contributed by atoms with Gasteiger partial charge >= 0.3 is 0 Å². The molecule has 0 saturated carbocycles. The first kappa shape index (κ1) is 14.0. The van der Waals surface area contributed by atoms with E-state index in [0.717, 1.165) is 5.56 Å². The highest BCUT2D eigenvalue weighted by molar-refractivity contribution is 5.40. The number of ether oxygens (including phenoxy) is 1. The highest BCUT2D eigenvalue weighted by Crippen LogP contribution is 2.29. The molecule has 0 aliphatic carbocycles. The van der Waals surface area contributed by atoms with Crippen LogP contribution in [-0.2, 0) is 6.42 Å². The highest BCUT2D eigenvalue weighted by Gasteiger charge is 2.17. The van der Waals surface area contributed by atoms with Crippen molar-refractivity contribution in [2.45, 2.75) is 12.3 Å². The van der Waals surface area contributed by atoms with Crippen LogP contribution < -0.4 is 4.74 Å². The molecule has 0 bridgehead atoms. The second-order valence-electron chi connectivity index (χ2n) is 4.40. The maximum absolute atomic E-state index is 13.4. The monoisotopic (exact) mass is 273 g/mol. The number of nitriles is 1. The van der Waals surface area contributed by atoms with E-state index in [1.807, 2.05) is 0 Å². The van der Waals surface area contributed by atoms with E-state index in [-0.39, 0.29) is 5.82 Å². The minimum Gasteiger partial charge on any atom is -0.496 e. The van der Waals surface area contributed by atoms with Gasteiger partial charge in [-0.05, 0) is 42.3 Å². The Morgan fingerprint density at radius 1 is 1.10 bits per heavy atom. The fourth-order valence-electron chi connectivity index (χ4n) is 2.06. The number of benzene rings is 2. The zero-order valence-electron chi connectivity index (χ0n) is 10.9. The molecule has 0 amide bonds. The van der Waals surface area contributed by atoms with Crippen LogP contribution >= 0.6 is 0 Å². The van der Waals surface area contributed by atoms with Crippen LogP contribution in [0.2, 0.25) is 0 Å². The van der Waals surface area contributed by atoms with E-state index in [9.17, 15) is 14.0 Å². The van der Waals surface area contributed by atoms with Crippen molar-refractivity contribution in [3.05, 3.63) is 65.2 Å². The number of methoxy groups -OCH3 is 1. The second-order valence-corrected chi connectivity index (χ2v) is 4.40. The minimum absolute atomic E-state index is 0.328. The molecule has 0 spiro atoms. The molecule has 0 aliphatic rings. The van der Waals surface area contributed by atoms with E-state index in [1.54, 1.807) is 12.1 Å². The number of hydrogen-bond acceptors (Lipinski definition) is 2. The zero-order chi connectivity index (χ0) is 14.5. The van der Waals surface area contributed by atoms with Gasteiger partial charge in [-0.1, -0.05) is 12.1 Å². The topological polar surface area (TPSA) is 33.0 Å². The first-order valence-electron chi connectivity index (χ1n) is 6.11. The molecule has 1 atom stereocenters. The molecule has 20 heavy (non-hydrogen) atoms. The van der Waals surface area contributed by atoms with Crippen LogP contribution in [0.15, 0.2) is 42.5 Å². The number of nitrogens with zero attached hydrogens (tertiary/aromatic N) is 1.